The zero-order valence-corrected chi connectivity index (χ0v) is 12.3. The quantitative estimate of drug-likeness (QED) is 0.538. The number of carbonyl (C=O) groups is 1. The Hall–Kier alpha value is -2.95. The van der Waals surface area contributed by atoms with Crippen LogP contribution in [0.2, 0.25) is 0 Å². The molecule has 3 nitrogen and oxygen atoms in total. The van der Waals surface area contributed by atoms with E-state index in [0.717, 1.165) is 23.0 Å². The molecule has 0 aliphatic rings. The summed E-state index contributed by atoms with van der Waals surface area (Å²) in [6.07, 6.45) is 1.66. The first-order chi connectivity index (χ1) is 11.0. The maximum Gasteiger partial charge on any atom is 0.337 e. The molecule has 23 heavy (non-hydrogen) atoms. The third-order valence-corrected chi connectivity index (χ3v) is 3.63. The Morgan fingerprint density at radius 1 is 1.17 bits per heavy atom. The van der Waals surface area contributed by atoms with E-state index in [1.807, 2.05) is 30.3 Å². The fourth-order valence-electron chi connectivity index (χ4n) is 2.55. The van der Waals surface area contributed by atoms with Gasteiger partial charge in [0, 0.05) is 17.8 Å². The molecule has 0 aliphatic carbocycles. The number of rotatable bonds is 3. The Balaban J connectivity index is 2.30. The molecule has 0 atom stereocenters. The second-order valence-electron chi connectivity index (χ2n) is 5.00. The van der Waals surface area contributed by atoms with E-state index in [1.165, 1.54) is 7.11 Å². The molecule has 5 heteroatoms. The van der Waals surface area contributed by atoms with E-state index >= 15 is 0 Å². The van der Waals surface area contributed by atoms with Gasteiger partial charge in [-0.1, -0.05) is 24.8 Å². The largest absolute Gasteiger partial charge is 0.465 e. The third-order valence-electron chi connectivity index (χ3n) is 3.63. The number of aromatic nitrogens is 1. The molecule has 0 saturated carbocycles. The van der Waals surface area contributed by atoms with Gasteiger partial charge >= 0.3 is 5.97 Å². The van der Waals surface area contributed by atoms with E-state index in [-0.39, 0.29) is 16.8 Å². The van der Waals surface area contributed by atoms with E-state index in [4.69, 9.17) is 0 Å². The zero-order valence-electron chi connectivity index (χ0n) is 12.3. The Kier molecular flexibility index (Phi) is 3.70. The molecule has 2 aromatic carbocycles. The topological polar surface area (TPSA) is 31.2 Å². The van der Waals surface area contributed by atoms with Crippen molar-refractivity contribution >= 4 is 22.4 Å². The summed E-state index contributed by atoms with van der Waals surface area (Å²) in [6, 6.07) is 11.0. The number of ether oxygens (including phenoxy) is 1. The van der Waals surface area contributed by atoms with Gasteiger partial charge in [-0.2, -0.15) is 0 Å². The number of fused-ring (bicyclic) bond motifs is 1. The summed E-state index contributed by atoms with van der Waals surface area (Å²) >= 11 is 0. The molecular formula is C18H13F2NO2. The summed E-state index contributed by atoms with van der Waals surface area (Å²) in [5.41, 5.74) is 0.731. The number of hydrogen-bond acceptors (Lipinski definition) is 2. The van der Waals surface area contributed by atoms with Gasteiger partial charge in [-0.25, -0.2) is 13.6 Å². The molecule has 0 radical (unpaired) electrons. The van der Waals surface area contributed by atoms with Gasteiger partial charge in [0.1, 0.15) is 5.82 Å². The number of benzene rings is 2. The van der Waals surface area contributed by atoms with E-state index in [1.54, 1.807) is 10.8 Å². The number of methoxy groups -OCH3 is 1. The monoisotopic (exact) mass is 313 g/mol. The zero-order chi connectivity index (χ0) is 16.6. The lowest BCUT2D eigenvalue weighted by Crippen LogP contribution is -2.09. The van der Waals surface area contributed by atoms with Crippen molar-refractivity contribution in [2.45, 2.75) is 0 Å². The highest BCUT2D eigenvalue weighted by atomic mass is 19.1. The minimum atomic E-state index is -0.789. The third kappa shape index (κ3) is 2.50. The molecule has 3 rings (SSSR count). The van der Waals surface area contributed by atoms with Crippen LogP contribution in [0.25, 0.3) is 22.2 Å². The smallest absolute Gasteiger partial charge is 0.337 e. The van der Waals surface area contributed by atoms with Crippen molar-refractivity contribution in [3.8, 4) is 5.69 Å². The second-order valence-corrected chi connectivity index (χ2v) is 5.00. The molecule has 0 fully saturated rings. The van der Waals surface area contributed by atoms with Gasteiger partial charge in [-0.05, 0) is 23.6 Å². The van der Waals surface area contributed by atoms with Gasteiger partial charge in [0.05, 0.1) is 23.9 Å². The molecule has 1 aromatic heterocycles. The number of nitrogens with zero attached hydrogens (tertiary/aromatic N) is 1. The van der Waals surface area contributed by atoms with Gasteiger partial charge in [0.15, 0.2) is 5.82 Å². The van der Waals surface area contributed by atoms with Crippen LogP contribution < -0.4 is 0 Å². The van der Waals surface area contributed by atoms with Gasteiger partial charge in [0.25, 0.3) is 0 Å². The lowest BCUT2D eigenvalue weighted by molar-refractivity contribution is -0.133. The molecule has 3 aromatic rings. The van der Waals surface area contributed by atoms with E-state index in [0.29, 0.717) is 0 Å². The van der Waals surface area contributed by atoms with Crippen molar-refractivity contribution in [3.63, 3.8) is 0 Å². The molecule has 0 bridgehead atoms. The Morgan fingerprint density at radius 2 is 1.91 bits per heavy atom. The molecular weight excluding hydrogens is 300 g/mol. The van der Waals surface area contributed by atoms with Crippen molar-refractivity contribution in [2.24, 2.45) is 0 Å². The number of esters is 1. The lowest BCUT2D eigenvalue weighted by Gasteiger charge is -2.14. The molecule has 0 unspecified atom stereocenters. The first kappa shape index (κ1) is 15.0. The molecule has 0 saturated heterocycles. The van der Waals surface area contributed by atoms with Crippen LogP contribution in [0, 0.1) is 11.6 Å². The summed E-state index contributed by atoms with van der Waals surface area (Å²) in [7, 11) is 1.19. The summed E-state index contributed by atoms with van der Waals surface area (Å²) in [6.45, 7) is 3.61. The van der Waals surface area contributed by atoms with E-state index in [2.05, 4.69) is 11.3 Å². The standard InChI is InChI=1S/C18H13F2NO2/c1-11(18(22)23-2)14-9-13(19)10-15(20)17(14)21-8-7-12-5-3-4-6-16(12)21/h3-10H,1H2,2H3. The first-order valence-electron chi connectivity index (χ1n) is 6.86. The Bertz CT molecular complexity index is 928. The summed E-state index contributed by atoms with van der Waals surface area (Å²) < 4.78 is 34.3. The minimum absolute atomic E-state index is 0.0516. The number of para-hydroxylation sites is 1. The Morgan fingerprint density at radius 3 is 2.65 bits per heavy atom. The van der Waals surface area contributed by atoms with Crippen LogP contribution >= 0.6 is 0 Å². The maximum atomic E-state index is 14.5. The van der Waals surface area contributed by atoms with Gasteiger partial charge in [-0.15, -0.1) is 0 Å². The Labute approximate surface area is 131 Å². The average molecular weight is 313 g/mol. The molecule has 0 aliphatic heterocycles. The van der Waals surface area contributed by atoms with Gasteiger partial charge in [-0.3, -0.25) is 0 Å². The van der Waals surface area contributed by atoms with Crippen LogP contribution in [-0.4, -0.2) is 17.6 Å². The summed E-state index contributed by atoms with van der Waals surface area (Å²) in [5.74, 6) is -2.32. The predicted octanol–water partition coefficient (Wildman–Crippen LogP) is 4.09. The van der Waals surface area contributed by atoms with Crippen LogP contribution in [-0.2, 0) is 9.53 Å². The van der Waals surface area contributed by atoms with Crippen LogP contribution in [0.1, 0.15) is 5.56 Å². The molecule has 1 heterocycles. The van der Waals surface area contributed by atoms with Crippen molar-refractivity contribution < 1.29 is 18.3 Å². The first-order valence-corrected chi connectivity index (χ1v) is 6.86. The van der Waals surface area contributed by atoms with Crippen LogP contribution in [0.3, 0.4) is 0 Å². The number of halogens is 2. The highest BCUT2D eigenvalue weighted by Crippen LogP contribution is 2.30. The van der Waals surface area contributed by atoms with Crippen molar-refractivity contribution in [3.05, 3.63) is 72.4 Å². The van der Waals surface area contributed by atoms with E-state index in [9.17, 15) is 13.6 Å². The lowest BCUT2D eigenvalue weighted by atomic mass is 10.0. The number of carbonyl (C=O) groups excluding carboxylic acids is 1. The van der Waals surface area contributed by atoms with Crippen LogP contribution in [0.15, 0.2) is 55.2 Å². The van der Waals surface area contributed by atoms with Crippen LogP contribution in [0.4, 0.5) is 8.78 Å². The normalized spacial score (nSPS) is 10.7. The molecule has 0 amide bonds. The highest BCUT2D eigenvalue weighted by Gasteiger charge is 2.20. The molecule has 116 valence electrons. The highest BCUT2D eigenvalue weighted by molar-refractivity contribution is 6.16. The predicted molar refractivity (Wildman–Crippen MR) is 84.2 cm³/mol. The van der Waals surface area contributed by atoms with Crippen molar-refractivity contribution in [1.29, 1.82) is 0 Å². The summed E-state index contributed by atoms with van der Waals surface area (Å²) in [5, 5.41) is 0.894. The van der Waals surface area contributed by atoms with E-state index < -0.39 is 17.6 Å². The average Bonchev–Trinajstić information content (AvgIpc) is 2.96. The van der Waals surface area contributed by atoms with Crippen molar-refractivity contribution in [2.75, 3.05) is 7.11 Å². The fourth-order valence-corrected chi connectivity index (χ4v) is 2.55. The van der Waals surface area contributed by atoms with Gasteiger partial charge in [0.2, 0.25) is 0 Å². The second kappa shape index (κ2) is 5.68. The van der Waals surface area contributed by atoms with Gasteiger partial charge < -0.3 is 9.30 Å². The van der Waals surface area contributed by atoms with Crippen molar-refractivity contribution in [1.82, 2.24) is 4.57 Å². The minimum Gasteiger partial charge on any atom is -0.465 e. The number of hydrogen-bond donors (Lipinski definition) is 0. The maximum absolute atomic E-state index is 14.5. The molecule has 0 spiro atoms. The summed E-state index contributed by atoms with van der Waals surface area (Å²) in [4.78, 5) is 11.7. The fraction of sp³-hybridized carbons (Fsp3) is 0.0556. The molecule has 0 N–H and O–H groups in total. The SMILES string of the molecule is C=C(C(=O)OC)c1cc(F)cc(F)c1-n1ccc2ccccc21. The van der Waals surface area contributed by atoms with Crippen LogP contribution in [0.5, 0.6) is 0 Å².